The maximum Gasteiger partial charge on any atom is 0.227 e. The molecule has 120 valence electrons. The molecule has 1 saturated carbocycles. The van der Waals surface area contributed by atoms with E-state index in [1.54, 1.807) is 4.90 Å². The van der Waals surface area contributed by atoms with Crippen LogP contribution in [0.25, 0.3) is 0 Å². The van der Waals surface area contributed by atoms with Crippen LogP contribution < -0.4 is 0 Å². The van der Waals surface area contributed by atoms with Gasteiger partial charge in [0.05, 0.1) is 12.5 Å². The molecule has 0 spiro atoms. The molecule has 0 unspecified atom stereocenters. The molecule has 0 aromatic rings. The number of hydrogen-bond acceptors (Lipinski definition) is 3. The first kappa shape index (κ1) is 16.3. The number of carbonyl (C=O) groups excluding carboxylic acids is 2. The highest BCUT2D eigenvalue weighted by Crippen LogP contribution is 2.29. The van der Waals surface area contributed by atoms with E-state index in [-0.39, 0.29) is 30.4 Å². The van der Waals surface area contributed by atoms with Gasteiger partial charge >= 0.3 is 0 Å². The summed E-state index contributed by atoms with van der Waals surface area (Å²) < 4.78 is 0. The Balaban J connectivity index is 2.02. The maximum atomic E-state index is 12.7. The molecule has 0 bridgehead atoms. The third-order valence-electron chi connectivity index (χ3n) is 4.81. The Hall–Kier alpha value is -1.10. The third kappa shape index (κ3) is 3.76. The van der Waals surface area contributed by atoms with Crippen LogP contribution in [0.5, 0.6) is 0 Å². The fourth-order valence-corrected chi connectivity index (χ4v) is 3.61. The van der Waals surface area contributed by atoms with Crippen LogP contribution in [0, 0.1) is 5.92 Å². The molecule has 0 aromatic heterocycles. The number of nitrogens with zero attached hydrogens (tertiary/aromatic N) is 2. The van der Waals surface area contributed by atoms with E-state index in [1.807, 2.05) is 18.7 Å². The number of hydrogen-bond donors (Lipinski definition) is 1. The monoisotopic (exact) mass is 296 g/mol. The summed E-state index contributed by atoms with van der Waals surface area (Å²) in [7, 11) is 0. The van der Waals surface area contributed by atoms with Crippen LogP contribution in [0.4, 0.5) is 0 Å². The number of likely N-dealkylation sites (tertiary alicyclic amines) is 1. The minimum absolute atomic E-state index is 0.0120. The molecule has 0 aromatic carbocycles. The van der Waals surface area contributed by atoms with Gasteiger partial charge in [0.1, 0.15) is 0 Å². The lowest BCUT2D eigenvalue weighted by atomic mass is 9.94. The van der Waals surface area contributed by atoms with Crippen molar-refractivity contribution < 1.29 is 14.7 Å². The number of piperidine rings is 1. The van der Waals surface area contributed by atoms with E-state index in [0.717, 1.165) is 12.8 Å². The van der Waals surface area contributed by atoms with Crippen molar-refractivity contribution in [2.45, 2.75) is 64.5 Å². The Morgan fingerprint density at radius 2 is 2.00 bits per heavy atom. The molecular weight excluding hydrogens is 268 g/mol. The van der Waals surface area contributed by atoms with Crippen molar-refractivity contribution in [3.05, 3.63) is 0 Å². The summed E-state index contributed by atoms with van der Waals surface area (Å²) in [5, 5.41) is 9.14. The van der Waals surface area contributed by atoms with Gasteiger partial charge in [-0.2, -0.15) is 0 Å². The quantitative estimate of drug-likeness (QED) is 0.834. The van der Waals surface area contributed by atoms with Crippen LogP contribution in [0.1, 0.15) is 52.4 Å². The Morgan fingerprint density at radius 1 is 1.33 bits per heavy atom. The van der Waals surface area contributed by atoms with Gasteiger partial charge < -0.3 is 14.9 Å². The average Bonchev–Trinajstić information content (AvgIpc) is 2.98. The molecule has 5 heteroatoms. The second-order valence-corrected chi connectivity index (χ2v) is 6.57. The van der Waals surface area contributed by atoms with Crippen LogP contribution in [-0.4, -0.2) is 58.5 Å². The highest BCUT2D eigenvalue weighted by Gasteiger charge is 2.36. The van der Waals surface area contributed by atoms with Crippen molar-refractivity contribution in [2.75, 3.05) is 19.7 Å². The minimum atomic E-state index is -0.0998. The average molecular weight is 296 g/mol. The summed E-state index contributed by atoms with van der Waals surface area (Å²) in [5.74, 6) is 0.205. The Labute approximate surface area is 127 Å². The van der Waals surface area contributed by atoms with Gasteiger partial charge in [-0.15, -0.1) is 0 Å². The highest BCUT2D eigenvalue weighted by molar-refractivity contribution is 5.84. The summed E-state index contributed by atoms with van der Waals surface area (Å²) in [4.78, 5) is 28.5. The van der Waals surface area contributed by atoms with E-state index < -0.39 is 0 Å². The van der Waals surface area contributed by atoms with Gasteiger partial charge in [-0.1, -0.05) is 12.8 Å². The SMILES string of the molecule is CC(C)N(CCO)C(=O)[C@@H]1CCC(=O)N(C2CCCC2)C1. The van der Waals surface area contributed by atoms with E-state index in [4.69, 9.17) is 5.11 Å². The first-order chi connectivity index (χ1) is 10.0. The van der Waals surface area contributed by atoms with Gasteiger partial charge in [0.2, 0.25) is 11.8 Å². The molecule has 2 amide bonds. The number of amides is 2. The predicted molar refractivity (Wildman–Crippen MR) is 80.6 cm³/mol. The molecule has 2 rings (SSSR count). The predicted octanol–water partition coefficient (Wildman–Crippen LogP) is 1.40. The summed E-state index contributed by atoms with van der Waals surface area (Å²) in [6.07, 6.45) is 5.67. The minimum Gasteiger partial charge on any atom is -0.395 e. The molecule has 1 heterocycles. The molecule has 2 aliphatic rings. The fraction of sp³-hybridized carbons (Fsp3) is 0.875. The second kappa shape index (κ2) is 7.25. The standard InChI is InChI=1S/C16H28N2O3/c1-12(2)17(9-10-19)16(21)13-7-8-15(20)18(11-13)14-5-3-4-6-14/h12-14,19H,3-11H2,1-2H3/t13-/m1/s1. The van der Waals surface area contributed by atoms with Gasteiger partial charge in [0.15, 0.2) is 0 Å². The molecule has 1 aliphatic heterocycles. The van der Waals surface area contributed by atoms with Crippen molar-refractivity contribution in [1.82, 2.24) is 9.80 Å². The molecule has 21 heavy (non-hydrogen) atoms. The van der Waals surface area contributed by atoms with Gasteiger partial charge in [-0.25, -0.2) is 0 Å². The topological polar surface area (TPSA) is 60.9 Å². The van der Waals surface area contributed by atoms with Gasteiger partial charge in [-0.3, -0.25) is 9.59 Å². The van der Waals surface area contributed by atoms with E-state index in [2.05, 4.69) is 0 Å². The van der Waals surface area contributed by atoms with Crippen LogP contribution in [0.2, 0.25) is 0 Å². The van der Waals surface area contributed by atoms with Crippen molar-refractivity contribution in [3.63, 3.8) is 0 Å². The van der Waals surface area contributed by atoms with Crippen LogP contribution in [0.15, 0.2) is 0 Å². The number of carbonyl (C=O) groups is 2. The van der Waals surface area contributed by atoms with Gasteiger partial charge in [-0.05, 0) is 33.1 Å². The number of aliphatic hydroxyl groups excluding tert-OH is 1. The van der Waals surface area contributed by atoms with E-state index in [1.165, 1.54) is 12.8 Å². The zero-order valence-corrected chi connectivity index (χ0v) is 13.3. The lowest BCUT2D eigenvalue weighted by molar-refractivity contribution is -0.146. The van der Waals surface area contributed by atoms with E-state index >= 15 is 0 Å². The zero-order chi connectivity index (χ0) is 15.4. The maximum absolute atomic E-state index is 12.7. The molecular formula is C16H28N2O3. The summed E-state index contributed by atoms with van der Waals surface area (Å²) in [5.41, 5.74) is 0. The number of aliphatic hydroxyl groups is 1. The molecule has 1 atom stereocenters. The van der Waals surface area contributed by atoms with Gasteiger partial charge in [0.25, 0.3) is 0 Å². The summed E-state index contributed by atoms with van der Waals surface area (Å²) >= 11 is 0. The molecule has 1 saturated heterocycles. The van der Waals surface area contributed by atoms with E-state index in [0.29, 0.717) is 32.0 Å². The highest BCUT2D eigenvalue weighted by atomic mass is 16.3. The molecule has 2 fully saturated rings. The van der Waals surface area contributed by atoms with Crippen molar-refractivity contribution >= 4 is 11.8 Å². The second-order valence-electron chi connectivity index (χ2n) is 6.57. The summed E-state index contributed by atoms with van der Waals surface area (Å²) in [6.45, 7) is 4.87. The normalized spacial score (nSPS) is 23.9. The molecule has 1 N–H and O–H groups in total. The first-order valence-electron chi connectivity index (χ1n) is 8.25. The Kier molecular flexibility index (Phi) is 5.62. The lowest BCUT2D eigenvalue weighted by Crippen LogP contribution is -2.51. The van der Waals surface area contributed by atoms with Crippen molar-refractivity contribution in [1.29, 1.82) is 0 Å². The first-order valence-corrected chi connectivity index (χ1v) is 8.25. The summed E-state index contributed by atoms with van der Waals surface area (Å²) in [6, 6.07) is 0.431. The molecule has 5 nitrogen and oxygen atoms in total. The van der Waals surface area contributed by atoms with Crippen LogP contribution >= 0.6 is 0 Å². The van der Waals surface area contributed by atoms with Crippen LogP contribution in [0.3, 0.4) is 0 Å². The Morgan fingerprint density at radius 3 is 2.57 bits per heavy atom. The molecule has 1 aliphatic carbocycles. The smallest absolute Gasteiger partial charge is 0.227 e. The number of rotatable bonds is 5. The van der Waals surface area contributed by atoms with Crippen molar-refractivity contribution in [3.8, 4) is 0 Å². The molecule has 0 radical (unpaired) electrons. The Bertz CT molecular complexity index is 378. The van der Waals surface area contributed by atoms with E-state index in [9.17, 15) is 9.59 Å². The fourth-order valence-electron chi connectivity index (χ4n) is 3.61. The zero-order valence-electron chi connectivity index (χ0n) is 13.3. The largest absolute Gasteiger partial charge is 0.395 e. The van der Waals surface area contributed by atoms with Gasteiger partial charge in [0, 0.05) is 31.6 Å². The third-order valence-corrected chi connectivity index (χ3v) is 4.81. The lowest BCUT2D eigenvalue weighted by Gasteiger charge is -2.38. The van der Waals surface area contributed by atoms with Crippen molar-refractivity contribution in [2.24, 2.45) is 5.92 Å². The van der Waals surface area contributed by atoms with Crippen LogP contribution in [-0.2, 0) is 9.59 Å².